The lowest BCUT2D eigenvalue weighted by Gasteiger charge is -2.19. The summed E-state index contributed by atoms with van der Waals surface area (Å²) >= 11 is 1.40. The van der Waals surface area contributed by atoms with Crippen molar-refractivity contribution in [2.75, 3.05) is 26.5 Å². The van der Waals surface area contributed by atoms with Crippen molar-refractivity contribution in [1.82, 2.24) is 18.8 Å². The van der Waals surface area contributed by atoms with Gasteiger partial charge in [-0.1, -0.05) is 6.07 Å². The number of Topliss-reactive ketones (excluding diaryl/α,β-unsaturated/α-hetero) is 1. The van der Waals surface area contributed by atoms with Gasteiger partial charge in [-0.05, 0) is 42.5 Å². The van der Waals surface area contributed by atoms with Crippen molar-refractivity contribution in [3.63, 3.8) is 0 Å². The van der Waals surface area contributed by atoms with E-state index in [-0.39, 0.29) is 37.6 Å². The fourth-order valence-electron chi connectivity index (χ4n) is 4.46. The number of methoxy groups -OCH3 is 1. The Bertz CT molecular complexity index is 1650. The summed E-state index contributed by atoms with van der Waals surface area (Å²) < 4.78 is 54.4. The number of ether oxygens (including phenoxy) is 2. The lowest BCUT2D eigenvalue weighted by molar-refractivity contribution is -0.118. The molecule has 9 nitrogen and oxygen atoms in total. The number of benzene rings is 1. The number of hydrogen-bond donors (Lipinski definition) is 0. The van der Waals surface area contributed by atoms with Gasteiger partial charge in [0.15, 0.2) is 11.6 Å². The van der Waals surface area contributed by atoms with Crippen LogP contribution in [0.4, 0.5) is 4.39 Å². The van der Waals surface area contributed by atoms with Crippen LogP contribution in [0.15, 0.2) is 42.7 Å². The first kappa shape index (κ1) is 28.3. The molecule has 3 heterocycles. The topological polar surface area (TPSA) is 104 Å². The first-order valence-corrected chi connectivity index (χ1v) is 15.6. The van der Waals surface area contributed by atoms with E-state index in [1.165, 1.54) is 35.1 Å². The number of thiophene rings is 1. The molecule has 12 heteroatoms. The number of ketones is 1. The largest absolute Gasteiger partial charge is 0.453 e. The van der Waals surface area contributed by atoms with Crippen molar-refractivity contribution >= 4 is 37.4 Å². The molecule has 1 saturated carbocycles. The summed E-state index contributed by atoms with van der Waals surface area (Å²) in [6, 6.07) is 8.20. The van der Waals surface area contributed by atoms with Crippen LogP contribution >= 0.6 is 11.3 Å². The normalized spacial score (nSPS) is 13.8. The number of rotatable bonds is 13. The third-order valence-corrected chi connectivity index (χ3v) is 9.25. The number of carbonyl (C=O) groups excluding carboxylic acids is 1. The number of carbonyl (C=O) groups is 1. The van der Waals surface area contributed by atoms with E-state index < -0.39 is 15.8 Å². The van der Waals surface area contributed by atoms with E-state index in [2.05, 4.69) is 9.97 Å². The first-order chi connectivity index (χ1) is 19.1. The fourth-order valence-corrected chi connectivity index (χ4v) is 6.33. The van der Waals surface area contributed by atoms with Gasteiger partial charge in [-0.2, -0.15) is 4.31 Å². The maximum Gasteiger partial charge on any atom is 0.211 e. The molecule has 4 aromatic rings. The van der Waals surface area contributed by atoms with Gasteiger partial charge >= 0.3 is 0 Å². The quantitative estimate of drug-likeness (QED) is 0.218. The van der Waals surface area contributed by atoms with E-state index in [4.69, 9.17) is 9.47 Å². The standard InChI is InChI=1S/C28H31FN4O5S2/c1-32-20(17-33(10-11-37-2)40(3,35)36)16-31-28(32)26-15-23-27(39-26)25(8-9-30-23)38-24-7-6-19(14-22(24)29)13-21(34)12-18-4-5-18/h6-9,14-16,18H,4-5,10-13,17H2,1-3H3. The van der Waals surface area contributed by atoms with Crippen LogP contribution in [0.3, 0.4) is 0 Å². The minimum atomic E-state index is -3.44. The van der Waals surface area contributed by atoms with Gasteiger partial charge in [0.1, 0.15) is 17.4 Å². The minimum absolute atomic E-state index is 0.0667. The molecule has 0 radical (unpaired) electrons. The molecule has 0 atom stereocenters. The molecule has 0 amide bonds. The lowest BCUT2D eigenvalue weighted by atomic mass is 10.0. The second kappa shape index (κ2) is 11.7. The van der Waals surface area contributed by atoms with Gasteiger partial charge in [-0.3, -0.25) is 9.78 Å². The Kier molecular flexibility index (Phi) is 8.31. The maximum atomic E-state index is 14.9. The fraction of sp³-hybridized carbons (Fsp3) is 0.393. The maximum absolute atomic E-state index is 14.9. The van der Waals surface area contributed by atoms with Crippen molar-refractivity contribution in [2.45, 2.75) is 32.2 Å². The summed E-state index contributed by atoms with van der Waals surface area (Å²) in [4.78, 5) is 22.0. The van der Waals surface area contributed by atoms with E-state index in [0.717, 1.165) is 28.1 Å². The predicted molar refractivity (Wildman–Crippen MR) is 151 cm³/mol. The van der Waals surface area contributed by atoms with Gasteiger partial charge in [0.25, 0.3) is 0 Å². The average Bonchev–Trinajstić information content (AvgIpc) is 3.47. The Balaban J connectivity index is 1.35. The van der Waals surface area contributed by atoms with E-state index in [0.29, 0.717) is 35.0 Å². The SMILES string of the molecule is COCCN(Cc1cnc(-c2cc3nccc(Oc4ccc(CC(=O)CC5CC5)cc4F)c3s2)n1C)S(C)(=O)=O. The zero-order chi connectivity index (χ0) is 28.4. The number of halogens is 1. The van der Waals surface area contributed by atoms with Gasteiger partial charge < -0.3 is 14.0 Å². The highest BCUT2D eigenvalue weighted by Crippen LogP contribution is 2.39. The molecule has 1 aliphatic rings. The zero-order valence-electron chi connectivity index (χ0n) is 22.6. The van der Waals surface area contributed by atoms with Gasteiger partial charge in [0.2, 0.25) is 10.0 Å². The van der Waals surface area contributed by atoms with Crippen molar-refractivity contribution in [2.24, 2.45) is 13.0 Å². The molecule has 1 fully saturated rings. The van der Waals surface area contributed by atoms with Crippen molar-refractivity contribution in [1.29, 1.82) is 0 Å². The molecule has 1 aliphatic carbocycles. The molecular formula is C28H31FN4O5S2. The zero-order valence-corrected chi connectivity index (χ0v) is 24.2. The number of fused-ring (bicyclic) bond motifs is 1. The lowest BCUT2D eigenvalue weighted by Crippen LogP contribution is -2.33. The van der Waals surface area contributed by atoms with Gasteiger partial charge in [-0.15, -0.1) is 11.3 Å². The summed E-state index contributed by atoms with van der Waals surface area (Å²) in [5, 5.41) is 0. The highest BCUT2D eigenvalue weighted by atomic mass is 32.2. The average molecular weight is 587 g/mol. The second-order valence-corrected chi connectivity index (χ2v) is 13.1. The number of hydrogen-bond acceptors (Lipinski definition) is 8. The van der Waals surface area contributed by atoms with Crippen LogP contribution in [0, 0.1) is 11.7 Å². The van der Waals surface area contributed by atoms with E-state index >= 15 is 0 Å². The summed E-state index contributed by atoms with van der Waals surface area (Å²) in [6.45, 7) is 0.673. The smallest absolute Gasteiger partial charge is 0.211 e. The van der Waals surface area contributed by atoms with Gasteiger partial charge in [0, 0.05) is 45.8 Å². The Morgan fingerprint density at radius 3 is 2.70 bits per heavy atom. The van der Waals surface area contributed by atoms with Crippen LogP contribution in [0.5, 0.6) is 11.5 Å². The molecule has 212 valence electrons. The van der Waals surface area contributed by atoms with Crippen molar-refractivity contribution in [3.8, 4) is 22.2 Å². The van der Waals surface area contributed by atoms with Crippen molar-refractivity contribution in [3.05, 3.63) is 59.8 Å². The summed E-state index contributed by atoms with van der Waals surface area (Å²) in [5.74, 6) is 1.28. The summed E-state index contributed by atoms with van der Waals surface area (Å²) in [7, 11) is -0.0816. The molecule has 0 N–H and O–H groups in total. The molecule has 0 saturated heterocycles. The molecule has 1 aromatic carbocycles. The number of aromatic nitrogens is 3. The summed E-state index contributed by atoms with van der Waals surface area (Å²) in [5.41, 5.74) is 2.02. The van der Waals surface area contributed by atoms with Crippen LogP contribution in [-0.2, 0) is 39.6 Å². The van der Waals surface area contributed by atoms with Crippen molar-refractivity contribution < 1.29 is 27.1 Å². The predicted octanol–water partition coefficient (Wildman–Crippen LogP) is 4.95. The van der Waals surface area contributed by atoms with Crippen LogP contribution < -0.4 is 4.74 Å². The molecule has 0 spiro atoms. The Morgan fingerprint density at radius 1 is 1.20 bits per heavy atom. The van der Waals surface area contributed by atoms with Crippen LogP contribution in [0.25, 0.3) is 20.9 Å². The summed E-state index contributed by atoms with van der Waals surface area (Å²) in [6.07, 6.45) is 7.43. The monoisotopic (exact) mass is 586 g/mol. The Morgan fingerprint density at radius 2 is 2.00 bits per heavy atom. The number of sulfonamides is 1. The van der Waals surface area contributed by atoms with Gasteiger partial charge in [0.05, 0.1) is 46.4 Å². The van der Waals surface area contributed by atoms with Crippen LogP contribution in [0.1, 0.15) is 30.5 Å². The second-order valence-electron chi connectivity index (χ2n) is 10.1. The van der Waals surface area contributed by atoms with E-state index in [1.807, 2.05) is 17.7 Å². The molecule has 0 aliphatic heterocycles. The highest BCUT2D eigenvalue weighted by Gasteiger charge is 2.25. The molecule has 5 rings (SSSR count). The highest BCUT2D eigenvalue weighted by molar-refractivity contribution is 7.88. The Hall–Kier alpha value is -3.19. The van der Waals surface area contributed by atoms with E-state index in [9.17, 15) is 17.6 Å². The molecule has 40 heavy (non-hydrogen) atoms. The minimum Gasteiger partial charge on any atom is -0.453 e. The number of nitrogens with zero attached hydrogens (tertiary/aromatic N) is 4. The van der Waals surface area contributed by atoms with Crippen LogP contribution in [0.2, 0.25) is 0 Å². The molecule has 0 bridgehead atoms. The Labute approximate surface area is 236 Å². The third kappa shape index (κ3) is 6.57. The molecule has 0 unspecified atom stereocenters. The molecular weight excluding hydrogens is 555 g/mol. The molecule has 3 aromatic heterocycles. The van der Waals surface area contributed by atoms with Gasteiger partial charge in [-0.25, -0.2) is 17.8 Å². The van der Waals surface area contributed by atoms with E-state index in [1.54, 1.807) is 30.6 Å². The number of pyridine rings is 1. The number of imidazole rings is 1. The first-order valence-electron chi connectivity index (χ1n) is 12.9. The van der Waals surface area contributed by atoms with Crippen LogP contribution in [-0.4, -0.2) is 59.6 Å². The third-order valence-electron chi connectivity index (χ3n) is 6.86.